The van der Waals surface area contributed by atoms with Crippen LogP contribution in [-0.2, 0) is 29.4 Å². The Labute approximate surface area is 233 Å². The third-order valence-corrected chi connectivity index (χ3v) is 8.35. The number of nitrogens with zero attached hydrogens (tertiary/aromatic N) is 1. The van der Waals surface area contributed by atoms with Crippen LogP contribution < -0.4 is 10.6 Å². The van der Waals surface area contributed by atoms with Crippen LogP contribution in [0.5, 0.6) is 0 Å². The molecule has 2 amide bonds. The number of sulfonamides is 1. The van der Waals surface area contributed by atoms with Crippen molar-refractivity contribution in [1.82, 2.24) is 14.9 Å². The molecule has 0 aromatic heterocycles. The van der Waals surface area contributed by atoms with Gasteiger partial charge in [0.25, 0.3) is 5.91 Å². The molecule has 0 aliphatic carbocycles. The lowest BCUT2D eigenvalue weighted by Crippen LogP contribution is -2.51. The van der Waals surface area contributed by atoms with Crippen LogP contribution in [0.15, 0.2) is 53.4 Å². The molecule has 0 radical (unpaired) electrons. The first-order chi connectivity index (χ1) is 18.3. The second-order valence-electron chi connectivity index (χ2n) is 9.78. The Bertz CT molecular complexity index is 1390. The van der Waals surface area contributed by atoms with Crippen molar-refractivity contribution in [1.29, 1.82) is 0 Å². The highest BCUT2D eigenvalue weighted by atomic mass is 32.2. The Morgan fingerprint density at radius 2 is 1.40 bits per heavy atom. The zero-order chi connectivity index (χ0) is 30.5. The number of benzene rings is 2. The van der Waals surface area contributed by atoms with Crippen LogP contribution in [0.25, 0.3) is 11.1 Å². The van der Waals surface area contributed by atoms with E-state index in [-0.39, 0.29) is 29.3 Å². The van der Waals surface area contributed by atoms with Crippen LogP contribution >= 0.6 is 0 Å². The fourth-order valence-corrected chi connectivity index (χ4v) is 5.57. The molecule has 2 atom stereocenters. The molecule has 1 unspecified atom stereocenters. The molecule has 40 heavy (non-hydrogen) atoms. The molecule has 2 aromatic rings. The first-order valence-corrected chi connectivity index (χ1v) is 16.1. The standard InChI is InChI=1S/C26H34F3N3O6S2/c1-6-32(40(5,37)38)23(33)16-30-25(34)22(15-17(2)3)31-24(26(27,28)29)20-9-7-18(8-10-20)19-11-13-21(14-12-19)39(4,35)36/h7-14,17,22,24,31H,6,15-16H2,1-5H3,(H,30,34)/t22-,24?/m0/s1. The van der Waals surface area contributed by atoms with Crippen molar-refractivity contribution in [2.45, 2.75) is 50.3 Å². The minimum absolute atomic E-state index is 0.0148. The van der Waals surface area contributed by atoms with E-state index in [1.807, 2.05) is 0 Å². The fourth-order valence-electron chi connectivity index (χ4n) is 4.04. The minimum atomic E-state index is -4.78. The lowest BCUT2D eigenvalue weighted by molar-refractivity contribution is -0.161. The highest BCUT2D eigenvalue weighted by Gasteiger charge is 2.43. The number of carbonyl (C=O) groups excluding carboxylic acids is 2. The molecule has 0 fully saturated rings. The Kier molecular flexibility index (Phi) is 10.9. The maximum absolute atomic E-state index is 14.2. The van der Waals surface area contributed by atoms with Crippen molar-refractivity contribution in [2.75, 3.05) is 25.6 Å². The van der Waals surface area contributed by atoms with Crippen LogP contribution in [0.3, 0.4) is 0 Å². The van der Waals surface area contributed by atoms with Crippen molar-refractivity contribution in [2.24, 2.45) is 5.92 Å². The minimum Gasteiger partial charge on any atom is -0.346 e. The number of amides is 2. The summed E-state index contributed by atoms with van der Waals surface area (Å²) in [6.45, 7) is 4.03. The van der Waals surface area contributed by atoms with E-state index in [9.17, 15) is 39.6 Å². The average Bonchev–Trinajstić information content (AvgIpc) is 2.83. The topological polar surface area (TPSA) is 130 Å². The summed E-state index contributed by atoms with van der Waals surface area (Å²) in [6.07, 6.45) is -2.86. The van der Waals surface area contributed by atoms with E-state index in [1.54, 1.807) is 26.0 Å². The molecule has 0 heterocycles. The van der Waals surface area contributed by atoms with E-state index >= 15 is 0 Å². The Morgan fingerprint density at radius 3 is 1.80 bits per heavy atom. The highest BCUT2D eigenvalue weighted by Crippen LogP contribution is 2.34. The van der Waals surface area contributed by atoms with Gasteiger partial charge in [0, 0.05) is 12.8 Å². The summed E-state index contributed by atoms with van der Waals surface area (Å²) in [4.78, 5) is 25.3. The number of hydrogen-bond donors (Lipinski definition) is 2. The van der Waals surface area contributed by atoms with Crippen molar-refractivity contribution in [3.05, 3.63) is 54.1 Å². The molecule has 0 saturated carbocycles. The number of rotatable bonds is 12. The van der Waals surface area contributed by atoms with Gasteiger partial charge in [-0.25, -0.2) is 21.1 Å². The molecular weight excluding hydrogens is 571 g/mol. The zero-order valence-corrected chi connectivity index (χ0v) is 24.5. The largest absolute Gasteiger partial charge is 0.407 e. The SMILES string of the molecule is CCN(C(=O)CNC(=O)[C@H](CC(C)C)NC(c1ccc(-c2ccc(S(C)(=O)=O)cc2)cc1)C(F)(F)F)S(C)(=O)=O. The van der Waals surface area contributed by atoms with Gasteiger partial charge >= 0.3 is 6.18 Å². The lowest BCUT2D eigenvalue weighted by Gasteiger charge is -2.28. The van der Waals surface area contributed by atoms with Crippen LogP contribution in [-0.4, -0.2) is 70.8 Å². The molecule has 0 aliphatic heterocycles. The number of carbonyl (C=O) groups is 2. The van der Waals surface area contributed by atoms with Gasteiger partial charge in [-0.3, -0.25) is 14.9 Å². The summed E-state index contributed by atoms with van der Waals surface area (Å²) in [7, 11) is -7.27. The molecule has 2 N–H and O–H groups in total. The summed E-state index contributed by atoms with van der Waals surface area (Å²) < 4.78 is 89.9. The number of nitrogens with one attached hydrogen (secondary N) is 2. The summed E-state index contributed by atoms with van der Waals surface area (Å²) in [5.41, 5.74) is 1.01. The van der Waals surface area contributed by atoms with Gasteiger partial charge in [-0.2, -0.15) is 13.2 Å². The third-order valence-electron chi connectivity index (χ3n) is 5.96. The molecular formula is C26H34F3N3O6S2. The Hall–Kier alpha value is -2.97. The summed E-state index contributed by atoms with van der Waals surface area (Å²) in [5, 5.41) is 4.64. The maximum Gasteiger partial charge on any atom is 0.407 e. The number of halogens is 3. The molecule has 222 valence electrons. The highest BCUT2D eigenvalue weighted by molar-refractivity contribution is 7.90. The summed E-state index contributed by atoms with van der Waals surface area (Å²) in [6, 6.07) is 7.84. The van der Waals surface area contributed by atoms with Gasteiger partial charge in [-0.1, -0.05) is 50.2 Å². The van der Waals surface area contributed by atoms with E-state index in [0.717, 1.165) is 12.5 Å². The Morgan fingerprint density at radius 1 is 0.900 bits per heavy atom. The van der Waals surface area contributed by atoms with Gasteiger partial charge < -0.3 is 5.32 Å². The van der Waals surface area contributed by atoms with E-state index in [4.69, 9.17) is 0 Å². The van der Waals surface area contributed by atoms with E-state index in [1.165, 1.54) is 43.3 Å². The maximum atomic E-state index is 14.2. The number of hydrogen-bond acceptors (Lipinski definition) is 7. The molecule has 2 aromatic carbocycles. The number of alkyl halides is 3. The zero-order valence-electron chi connectivity index (χ0n) is 22.8. The predicted molar refractivity (Wildman–Crippen MR) is 145 cm³/mol. The van der Waals surface area contributed by atoms with Gasteiger partial charge in [0.1, 0.15) is 6.04 Å². The van der Waals surface area contributed by atoms with Crippen LogP contribution in [0.2, 0.25) is 0 Å². The summed E-state index contributed by atoms with van der Waals surface area (Å²) >= 11 is 0. The molecule has 2 rings (SSSR count). The third kappa shape index (κ3) is 9.30. The van der Waals surface area contributed by atoms with Crippen molar-refractivity contribution in [3.8, 4) is 11.1 Å². The number of likely N-dealkylation sites (N-methyl/N-ethyl adjacent to an activating group) is 1. The normalized spacial score (nSPS) is 14.0. The first kappa shape index (κ1) is 33.2. The van der Waals surface area contributed by atoms with Gasteiger partial charge in [-0.15, -0.1) is 0 Å². The predicted octanol–water partition coefficient (Wildman–Crippen LogP) is 3.29. The van der Waals surface area contributed by atoms with Gasteiger partial charge in [0.2, 0.25) is 15.9 Å². The van der Waals surface area contributed by atoms with Gasteiger partial charge in [-0.05, 0) is 48.1 Å². The molecule has 0 aliphatic rings. The summed E-state index contributed by atoms with van der Waals surface area (Å²) in [5.74, 6) is -1.97. The monoisotopic (exact) mass is 605 g/mol. The molecule has 0 saturated heterocycles. The molecule has 9 nitrogen and oxygen atoms in total. The van der Waals surface area contributed by atoms with Crippen molar-refractivity contribution in [3.63, 3.8) is 0 Å². The fraction of sp³-hybridized carbons (Fsp3) is 0.462. The van der Waals surface area contributed by atoms with Crippen LogP contribution in [0.4, 0.5) is 13.2 Å². The molecule has 0 bridgehead atoms. The number of sulfone groups is 1. The quantitative estimate of drug-likeness (QED) is 0.380. The van der Waals surface area contributed by atoms with E-state index < -0.39 is 56.5 Å². The second kappa shape index (κ2) is 13.1. The smallest absolute Gasteiger partial charge is 0.346 e. The van der Waals surface area contributed by atoms with Crippen LogP contribution in [0.1, 0.15) is 38.8 Å². The second-order valence-corrected chi connectivity index (χ2v) is 13.7. The van der Waals surface area contributed by atoms with Gasteiger partial charge in [0.15, 0.2) is 9.84 Å². The van der Waals surface area contributed by atoms with Crippen molar-refractivity contribution >= 4 is 31.7 Å². The van der Waals surface area contributed by atoms with E-state index in [2.05, 4.69) is 10.6 Å². The van der Waals surface area contributed by atoms with Gasteiger partial charge in [0.05, 0.1) is 23.7 Å². The lowest BCUT2D eigenvalue weighted by atomic mass is 9.97. The van der Waals surface area contributed by atoms with E-state index in [0.29, 0.717) is 15.4 Å². The first-order valence-electron chi connectivity index (χ1n) is 12.4. The average molecular weight is 606 g/mol. The Balaban J connectivity index is 2.27. The van der Waals surface area contributed by atoms with Crippen molar-refractivity contribution < 1.29 is 39.6 Å². The van der Waals surface area contributed by atoms with Crippen LogP contribution in [0, 0.1) is 5.92 Å². The molecule has 0 spiro atoms. The molecule has 14 heteroatoms.